The van der Waals surface area contributed by atoms with E-state index in [0.717, 1.165) is 5.56 Å². The van der Waals surface area contributed by atoms with E-state index in [9.17, 15) is 5.11 Å². The van der Waals surface area contributed by atoms with E-state index in [2.05, 4.69) is 0 Å². The van der Waals surface area contributed by atoms with Crippen LogP contribution in [0.15, 0.2) is 30.3 Å². The lowest BCUT2D eigenvalue weighted by molar-refractivity contribution is -0.115. The van der Waals surface area contributed by atoms with Crippen LogP contribution < -0.4 is 0 Å². The molecule has 0 bridgehead atoms. The number of aliphatic hydroxyl groups excluding tert-OH is 2. The molecule has 0 fully saturated rings. The van der Waals surface area contributed by atoms with Crippen LogP contribution in [0.1, 0.15) is 18.9 Å². The molecule has 0 spiro atoms. The van der Waals surface area contributed by atoms with E-state index in [1.165, 1.54) is 0 Å². The molecule has 1 aromatic carbocycles. The summed E-state index contributed by atoms with van der Waals surface area (Å²) in [6.45, 7) is 2.94. The third-order valence-corrected chi connectivity index (χ3v) is 3.24. The SMILES string of the molecule is COCO[C@@H](CC(O)CO)[C@H](C)COCc1ccccc1. The van der Waals surface area contributed by atoms with Gasteiger partial charge in [-0.2, -0.15) is 0 Å². The van der Waals surface area contributed by atoms with Gasteiger partial charge in [-0.1, -0.05) is 37.3 Å². The van der Waals surface area contributed by atoms with Gasteiger partial charge in [-0.3, -0.25) is 0 Å². The summed E-state index contributed by atoms with van der Waals surface area (Å²) >= 11 is 0. The summed E-state index contributed by atoms with van der Waals surface area (Å²) in [5.74, 6) is 0.0880. The Balaban J connectivity index is 2.38. The van der Waals surface area contributed by atoms with Crippen LogP contribution in [0.3, 0.4) is 0 Å². The summed E-state index contributed by atoms with van der Waals surface area (Å²) in [6.07, 6.45) is -0.651. The molecule has 1 unspecified atom stereocenters. The van der Waals surface area contributed by atoms with E-state index < -0.39 is 6.10 Å². The minimum atomic E-state index is -0.788. The Morgan fingerprint density at radius 2 is 1.90 bits per heavy atom. The van der Waals surface area contributed by atoms with Gasteiger partial charge in [0.15, 0.2) is 0 Å². The molecule has 0 heterocycles. The molecule has 0 aliphatic heterocycles. The number of hydrogen-bond acceptors (Lipinski definition) is 5. The fraction of sp³-hybridized carbons (Fsp3) is 0.625. The molecule has 5 heteroatoms. The first-order chi connectivity index (χ1) is 10.2. The summed E-state index contributed by atoms with van der Waals surface area (Å²) in [5, 5.41) is 18.5. The Labute approximate surface area is 126 Å². The Morgan fingerprint density at radius 3 is 2.52 bits per heavy atom. The largest absolute Gasteiger partial charge is 0.394 e. The highest BCUT2D eigenvalue weighted by Gasteiger charge is 2.21. The van der Waals surface area contributed by atoms with E-state index in [4.69, 9.17) is 19.3 Å². The Hall–Kier alpha value is -0.980. The van der Waals surface area contributed by atoms with Crippen molar-refractivity contribution in [2.75, 3.05) is 27.1 Å². The van der Waals surface area contributed by atoms with Gasteiger partial charge in [-0.25, -0.2) is 0 Å². The lowest BCUT2D eigenvalue weighted by Crippen LogP contribution is -2.31. The van der Waals surface area contributed by atoms with Crippen molar-refractivity contribution >= 4 is 0 Å². The summed E-state index contributed by atoms with van der Waals surface area (Å²) in [7, 11) is 1.55. The maximum absolute atomic E-state index is 9.57. The van der Waals surface area contributed by atoms with E-state index in [-0.39, 0.29) is 25.4 Å². The summed E-state index contributed by atoms with van der Waals surface area (Å²) < 4.78 is 16.2. The maximum Gasteiger partial charge on any atom is 0.146 e. The van der Waals surface area contributed by atoms with Crippen LogP contribution in [0.5, 0.6) is 0 Å². The van der Waals surface area contributed by atoms with Crippen LogP contribution in [0.2, 0.25) is 0 Å². The topological polar surface area (TPSA) is 68.2 Å². The van der Waals surface area contributed by atoms with E-state index in [1.807, 2.05) is 37.3 Å². The van der Waals surface area contributed by atoms with Crippen molar-refractivity contribution in [3.63, 3.8) is 0 Å². The molecular weight excluding hydrogens is 272 g/mol. The molecule has 21 heavy (non-hydrogen) atoms. The summed E-state index contributed by atoms with van der Waals surface area (Å²) in [4.78, 5) is 0. The molecule has 0 aliphatic rings. The van der Waals surface area contributed by atoms with Crippen LogP contribution in [0, 0.1) is 5.92 Å². The van der Waals surface area contributed by atoms with Gasteiger partial charge in [0.05, 0.1) is 32.0 Å². The molecule has 0 aromatic heterocycles. The first kappa shape index (κ1) is 18.1. The first-order valence-corrected chi connectivity index (χ1v) is 7.18. The number of rotatable bonds is 11. The van der Waals surface area contributed by atoms with Gasteiger partial charge in [-0.05, 0) is 5.56 Å². The third kappa shape index (κ3) is 7.55. The van der Waals surface area contributed by atoms with Crippen LogP contribution in [-0.4, -0.2) is 49.5 Å². The van der Waals surface area contributed by atoms with Crippen LogP contribution in [0.25, 0.3) is 0 Å². The van der Waals surface area contributed by atoms with Crippen LogP contribution in [0.4, 0.5) is 0 Å². The Bertz CT molecular complexity index is 357. The zero-order chi connectivity index (χ0) is 15.5. The van der Waals surface area contributed by atoms with Gasteiger partial charge in [0.2, 0.25) is 0 Å². The second kappa shape index (κ2) is 10.7. The normalized spacial score (nSPS) is 15.6. The predicted octanol–water partition coefficient (Wildman–Crippen LogP) is 1.57. The average Bonchev–Trinajstić information content (AvgIpc) is 2.52. The van der Waals surface area contributed by atoms with Crippen molar-refractivity contribution in [1.82, 2.24) is 0 Å². The molecule has 0 aliphatic carbocycles. The van der Waals surface area contributed by atoms with E-state index in [1.54, 1.807) is 7.11 Å². The van der Waals surface area contributed by atoms with E-state index >= 15 is 0 Å². The molecule has 1 rings (SSSR count). The van der Waals surface area contributed by atoms with Crippen molar-refractivity contribution in [3.8, 4) is 0 Å². The predicted molar refractivity (Wildman–Crippen MR) is 79.7 cm³/mol. The fourth-order valence-corrected chi connectivity index (χ4v) is 2.01. The molecule has 0 saturated carbocycles. The standard InChI is InChI=1S/C16H26O5/c1-13(10-20-11-14-6-4-3-5-7-14)16(21-12-19-2)8-15(18)9-17/h3-7,13,15-18H,8-12H2,1-2H3/t13-,15?,16+/m1/s1. The molecular formula is C16H26O5. The van der Waals surface area contributed by atoms with Crippen molar-refractivity contribution in [1.29, 1.82) is 0 Å². The number of aliphatic hydroxyl groups is 2. The highest BCUT2D eigenvalue weighted by molar-refractivity contribution is 5.13. The highest BCUT2D eigenvalue weighted by Crippen LogP contribution is 2.15. The number of ether oxygens (including phenoxy) is 3. The summed E-state index contributed by atoms with van der Waals surface area (Å²) in [5.41, 5.74) is 1.12. The van der Waals surface area contributed by atoms with Gasteiger partial charge < -0.3 is 24.4 Å². The second-order valence-electron chi connectivity index (χ2n) is 5.16. The first-order valence-electron chi connectivity index (χ1n) is 7.18. The third-order valence-electron chi connectivity index (χ3n) is 3.24. The van der Waals surface area contributed by atoms with Crippen molar-refractivity contribution in [3.05, 3.63) is 35.9 Å². The zero-order valence-electron chi connectivity index (χ0n) is 12.8. The quantitative estimate of drug-likeness (QED) is 0.607. The number of hydrogen-bond donors (Lipinski definition) is 2. The van der Waals surface area contributed by atoms with Gasteiger partial charge in [-0.15, -0.1) is 0 Å². The van der Waals surface area contributed by atoms with Gasteiger partial charge in [0, 0.05) is 19.4 Å². The Morgan fingerprint density at radius 1 is 1.19 bits per heavy atom. The molecule has 0 radical (unpaired) electrons. The fourth-order valence-electron chi connectivity index (χ4n) is 2.01. The maximum atomic E-state index is 9.57. The van der Waals surface area contributed by atoms with Crippen molar-refractivity contribution in [2.24, 2.45) is 5.92 Å². The van der Waals surface area contributed by atoms with Crippen molar-refractivity contribution < 1.29 is 24.4 Å². The second-order valence-corrected chi connectivity index (χ2v) is 5.16. The van der Waals surface area contributed by atoms with Crippen LogP contribution in [-0.2, 0) is 20.8 Å². The highest BCUT2D eigenvalue weighted by atomic mass is 16.7. The number of benzene rings is 1. The minimum absolute atomic E-state index is 0.0880. The lowest BCUT2D eigenvalue weighted by Gasteiger charge is -2.25. The molecule has 3 atom stereocenters. The number of methoxy groups -OCH3 is 1. The smallest absolute Gasteiger partial charge is 0.146 e. The average molecular weight is 298 g/mol. The zero-order valence-corrected chi connectivity index (χ0v) is 12.8. The molecule has 1 aromatic rings. The van der Waals surface area contributed by atoms with Crippen LogP contribution >= 0.6 is 0 Å². The van der Waals surface area contributed by atoms with Gasteiger partial charge in [0.25, 0.3) is 0 Å². The monoisotopic (exact) mass is 298 g/mol. The lowest BCUT2D eigenvalue weighted by atomic mass is 10.00. The van der Waals surface area contributed by atoms with Gasteiger partial charge in [0.1, 0.15) is 6.79 Å². The molecule has 0 saturated heterocycles. The molecule has 2 N–H and O–H groups in total. The van der Waals surface area contributed by atoms with E-state index in [0.29, 0.717) is 19.6 Å². The Kier molecular flexibility index (Phi) is 9.21. The molecule has 0 amide bonds. The molecule has 5 nitrogen and oxygen atoms in total. The van der Waals surface area contributed by atoms with Gasteiger partial charge >= 0.3 is 0 Å². The summed E-state index contributed by atoms with van der Waals surface area (Å²) in [6, 6.07) is 9.95. The van der Waals surface area contributed by atoms with Crippen molar-refractivity contribution in [2.45, 2.75) is 32.2 Å². The molecule has 120 valence electrons. The minimum Gasteiger partial charge on any atom is -0.394 e.